The van der Waals surface area contributed by atoms with E-state index in [1.807, 2.05) is 24.3 Å². The van der Waals surface area contributed by atoms with Crippen LogP contribution in [0.1, 0.15) is 62.1 Å². The molecule has 0 bridgehead atoms. The number of hydrogen-bond donors (Lipinski definition) is 2. The van der Waals surface area contributed by atoms with Crippen LogP contribution in [0.4, 0.5) is 0 Å². The lowest BCUT2D eigenvalue weighted by Gasteiger charge is -2.43. The number of rotatable bonds is 10. The van der Waals surface area contributed by atoms with E-state index >= 15 is 0 Å². The number of hydrogen-bond acceptors (Lipinski definition) is 3. The van der Waals surface area contributed by atoms with Crippen LogP contribution in [0.2, 0.25) is 5.02 Å². The Morgan fingerprint density at radius 1 is 1.03 bits per heavy atom. The van der Waals surface area contributed by atoms with Gasteiger partial charge in [-0.05, 0) is 80.0 Å². The van der Waals surface area contributed by atoms with E-state index in [0.717, 1.165) is 74.6 Å². The second kappa shape index (κ2) is 12.3. The predicted octanol–water partition coefficient (Wildman–Crippen LogP) is 6.84. The van der Waals surface area contributed by atoms with Crippen molar-refractivity contribution in [3.05, 3.63) is 93.5 Å². The summed E-state index contributed by atoms with van der Waals surface area (Å²) in [4.78, 5) is 2.50. The lowest BCUT2D eigenvalue weighted by atomic mass is 9.71. The van der Waals surface area contributed by atoms with Crippen molar-refractivity contribution in [2.75, 3.05) is 26.2 Å². The van der Waals surface area contributed by atoms with Crippen molar-refractivity contribution in [3.63, 3.8) is 0 Å². The van der Waals surface area contributed by atoms with Crippen molar-refractivity contribution in [2.24, 2.45) is 11.7 Å². The molecule has 2 aromatic rings. The molecule has 1 fully saturated rings. The van der Waals surface area contributed by atoms with E-state index in [1.165, 1.54) is 16.7 Å². The standard InChI is InChI=1S/C31H40Cl2N2O/c1-2-4-24-5-7-25(8-6-24)30(23-34,26-9-13-28(32)14-10-26)17-3-20-35-21-18-31(36,19-22-35)27-11-15-29(33)16-12-27/h5-11,13-16,27,36H,2-4,12,17-23,34H2,1H3. The Kier molecular flexibility index (Phi) is 9.35. The Hall–Kier alpha value is -1.62. The molecular weight excluding hydrogens is 487 g/mol. The highest BCUT2D eigenvalue weighted by Crippen LogP contribution is 2.38. The van der Waals surface area contributed by atoms with Crippen LogP contribution < -0.4 is 5.73 Å². The van der Waals surface area contributed by atoms with Gasteiger partial charge in [0, 0.05) is 41.0 Å². The van der Waals surface area contributed by atoms with Crippen LogP contribution in [0.3, 0.4) is 0 Å². The van der Waals surface area contributed by atoms with Crippen LogP contribution in [0.15, 0.2) is 71.8 Å². The molecule has 1 aliphatic carbocycles. The number of piperidine rings is 1. The molecule has 1 aliphatic heterocycles. The molecule has 1 heterocycles. The van der Waals surface area contributed by atoms with Gasteiger partial charge in [-0.1, -0.05) is 85.1 Å². The fraction of sp³-hybridized carbons (Fsp3) is 0.484. The largest absolute Gasteiger partial charge is 0.389 e. The maximum absolute atomic E-state index is 11.3. The van der Waals surface area contributed by atoms with E-state index in [1.54, 1.807) is 0 Å². The van der Waals surface area contributed by atoms with Gasteiger partial charge < -0.3 is 15.7 Å². The highest BCUT2D eigenvalue weighted by atomic mass is 35.5. The van der Waals surface area contributed by atoms with Crippen LogP contribution in [-0.4, -0.2) is 41.8 Å². The topological polar surface area (TPSA) is 49.5 Å². The van der Waals surface area contributed by atoms with E-state index in [2.05, 4.69) is 54.3 Å². The number of aliphatic hydroxyl groups is 1. The average Bonchev–Trinajstić information content (AvgIpc) is 2.90. The molecule has 3 N–H and O–H groups in total. The summed E-state index contributed by atoms with van der Waals surface area (Å²) in [5, 5.41) is 12.8. The molecule has 2 unspecified atom stereocenters. The third kappa shape index (κ3) is 6.26. The SMILES string of the molecule is CCCc1ccc(C(CN)(CCCN2CCC(O)(C3C=CC(Cl)=CC3)CC2)c2ccc(Cl)cc2)cc1. The fourth-order valence-corrected chi connectivity index (χ4v) is 6.26. The van der Waals surface area contributed by atoms with E-state index in [9.17, 15) is 5.11 Å². The first-order valence-corrected chi connectivity index (χ1v) is 14.2. The first-order valence-electron chi connectivity index (χ1n) is 13.4. The Morgan fingerprint density at radius 3 is 2.22 bits per heavy atom. The minimum absolute atomic E-state index is 0.160. The zero-order valence-electron chi connectivity index (χ0n) is 21.4. The van der Waals surface area contributed by atoms with Gasteiger partial charge in [0.25, 0.3) is 0 Å². The van der Waals surface area contributed by atoms with E-state index < -0.39 is 5.60 Å². The fourth-order valence-electron chi connectivity index (χ4n) is 5.97. The molecule has 2 aromatic carbocycles. The number of halogens is 2. The second-order valence-corrected chi connectivity index (χ2v) is 11.5. The molecule has 0 spiro atoms. The van der Waals surface area contributed by atoms with Gasteiger partial charge >= 0.3 is 0 Å². The van der Waals surface area contributed by atoms with Crippen molar-refractivity contribution in [2.45, 2.75) is 62.9 Å². The van der Waals surface area contributed by atoms with Crippen molar-refractivity contribution in [1.29, 1.82) is 0 Å². The maximum atomic E-state index is 11.3. The maximum Gasteiger partial charge on any atom is 0.0737 e. The summed E-state index contributed by atoms with van der Waals surface area (Å²) in [6.07, 6.45) is 12.7. The van der Waals surface area contributed by atoms with Crippen LogP contribution in [0, 0.1) is 5.92 Å². The van der Waals surface area contributed by atoms with Crippen LogP contribution in [0.5, 0.6) is 0 Å². The van der Waals surface area contributed by atoms with Crippen LogP contribution in [0.25, 0.3) is 0 Å². The highest BCUT2D eigenvalue weighted by Gasteiger charge is 2.39. The number of likely N-dealkylation sites (tertiary alicyclic amines) is 1. The summed E-state index contributed by atoms with van der Waals surface area (Å²) >= 11 is 12.3. The number of benzene rings is 2. The molecule has 3 nitrogen and oxygen atoms in total. The van der Waals surface area contributed by atoms with Gasteiger partial charge in [0.05, 0.1) is 5.60 Å². The van der Waals surface area contributed by atoms with Crippen LogP contribution >= 0.6 is 23.2 Å². The van der Waals surface area contributed by atoms with Gasteiger partial charge in [-0.3, -0.25) is 0 Å². The zero-order chi connectivity index (χ0) is 25.6. The normalized spacial score (nSPS) is 21.7. The minimum atomic E-state index is -0.633. The molecule has 0 aromatic heterocycles. The molecule has 1 saturated heterocycles. The predicted molar refractivity (Wildman–Crippen MR) is 153 cm³/mol. The number of nitrogens with zero attached hydrogens (tertiary/aromatic N) is 1. The molecule has 2 atom stereocenters. The minimum Gasteiger partial charge on any atom is -0.389 e. The first kappa shape index (κ1) is 27.4. The molecule has 5 heteroatoms. The number of nitrogens with two attached hydrogens (primary N) is 1. The van der Waals surface area contributed by atoms with Gasteiger partial charge in [-0.15, -0.1) is 0 Å². The third-order valence-corrected chi connectivity index (χ3v) is 8.87. The van der Waals surface area contributed by atoms with E-state index in [-0.39, 0.29) is 11.3 Å². The monoisotopic (exact) mass is 526 g/mol. The summed E-state index contributed by atoms with van der Waals surface area (Å²) in [6.45, 7) is 5.60. The number of aryl methyl sites for hydroxylation is 1. The summed E-state index contributed by atoms with van der Waals surface area (Å²) in [5.74, 6) is 0.160. The summed E-state index contributed by atoms with van der Waals surface area (Å²) in [6, 6.07) is 17.3. The average molecular weight is 528 g/mol. The second-order valence-electron chi connectivity index (χ2n) is 10.6. The zero-order valence-corrected chi connectivity index (χ0v) is 22.9. The molecule has 2 aliphatic rings. The van der Waals surface area contributed by atoms with Gasteiger partial charge in [-0.2, -0.15) is 0 Å². The van der Waals surface area contributed by atoms with Crippen molar-refractivity contribution in [1.82, 2.24) is 4.90 Å². The van der Waals surface area contributed by atoms with Gasteiger partial charge in [0.2, 0.25) is 0 Å². The van der Waals surface area contributed by atoms with Crippen LogP contribution in [-0.2, 0) is 11.8 Å². The van der Waals surface area contributed by atoms with E-state index in [4.69, 9.17) is 28.9 Å². The first-order chi connectivity index (χ1) is 17.4. The summed E-state index contributed by atoms with van der Waals surface area (Å²) < 4.78 is 0. The molecule has 194 valence electrons. The Bertz CT molecular complexity index is 1040. The lowest BCUT2D eigenvalue weighted by molar-refractivity contribution is -0.0527. The molecule has 36 heavy (non-hydrogen) atoms. The quantitative estimate of drug-likeness (QED) is 0.356. The highest BCUT2D eigenvalue weighted by molar-refractivity contribution is 6.31. The lowest BCUT2D eigenvalue weighted by Crippen LogP contribution is -2.49. The molecular formula is C31H40Cl2N2O. The summed E-state index contributed by atoms with van der Waals surface area (Å²) in [7, 11) is 0. The Balaban J connectivity index is 1.42. The molecule has 0 radical (unpaired) electrons. The van der Waals surface area contributed by atoms with Crippen molar-refractivity contribution >= 4 is 23.2 Å². The smallest absolute Gasteiger partial charge is 0.0737 e. The van der Waals surface area contributed by atoms with Gasteiger partial charge in [0.15, 0.2) is 0 Å². The third-order valence-electron chi connectivity index (χ3n) is 8.33. The van der Waals surface area contributed by atoms with Gasteiger partial charge in [0.1, 0.15) is 0 Å². The Labute approximate surface area is 227 Å². The molecule has 4 rings (SSSR count). The molecule has 0 saturated carbocycles. The number of allylic oxidation sites excluding steroid dienone is 3. The summed E-state index contributed by atoms with van der Waals surface area (Å²) in [5.41, 5.74) is 9.54. The van der Waals surface area contributed by atoms with Crippen molar-refractivity contribution < 1.29 is 5.11 Å². The van der Waals surface area contributed by atoms with E-state index in [0.29, 0.717) is 6.54 Å². The van der Waals surface area contributed by atoms with Gasteiger partial charge in [-0.25, -0.2) is 0 Å². The Morgan fingerprint density at radius 2 is 1.67 bits per heavy atom. The van der Waals surface area contributed by atoms with Crippen molar-refractivity contribution in [3.8, 4) is 0 Å². The molecule has 0 amide bonds.